The molecule has 0 aromatic rings. The number of hydrogen-bond donors (Lipinski definition) is 1. The molecule has 2 N–H and O–H groups in total. The summed E-state index contributed by atoms with van der Waals surface area (Å²) in [5, 5.41) is 0. The second kappa shape index (κ2) is 6.44. The Hall–Kier alpha value is -0.600. The lowest BCUT2D eigenvalue weighted by molar-refractivity contribution is -0.310. The Labute approximate surface area is 124 Å². The number of hydrogen-bond acceptors (Lipinski definition) is 3. The van der Waals surface area contributed by atoms with Gasteiger partial charge in [0.15, 0.2) is 5.79 Å². The molecular weight excluding hydrogens is 250 g/mol. The third-order valence-corrected chi connectivity index (χ3v) is 3.78. The third-order valence-electron chi connectivity index (χ3n) is 3.78. The van der Waals surface area contributed by atoms with Gasteiger partial charge in [0.1, 0.15) is 0 Å². The Morgan fingerprint density at radius 2 is 1.90 bits per heavy atom. The van der Waals surface area contributed by atoms with Gasteiger partial charge in [-0.2, -0.15) is 0 Å². The standard InChI is InChI=1S/C17H30NO2/c1-7-9-16(8-2)12-19-17(20-13-16,10-14(3)4)11-15(5,6)18/h1,9,14H,8,10-13,18H2,2-6H3. The second-order valence-electron chi connectivity index (χ2n) is 7.28. The van der Waals surface area contributed by atoms with Gasteiger partial charge in [-0.15, -0.1) is 5.73 Å². The minimum Gasteiger partial charge on any atom is -0.349 e. The SMILES string of the molecule is [CH]=C=CC1(CC)COC(CC(C)C)(CC(C)(C)N)OC1. The van der Waals surface area contributed by atoms with E-state index in [9.17, 15) is 0 Å². The fourth-order valence-corrected chi connectivity index (χ4v) is 2.81. The average molecular weight is 280 g/mol. The molecule has 1 heterocycles. The maximum Gasteiger partial charge on any atom is 0.170 e. The Balaban J connectivity index is 2.88. The Kier molecular flexibility index (Phi) is 5.62. The van der Waals surface area contributed by atoms with Crippen molar-refractivity contribution in [3.05, 3.63) is 18.4 Å². The molecule has 1 aliphatic rings. The summed E-state index contributed by atoms with van der Waals surface area (Å²) in [5.41, 5.74) is 8.34. The lowest BCUT2D eigenvalue weighted by atomic mass is 9.83. The Morgan fingerprint density at radius 1 is 1.35 bits per heavy atom. The highest BCUT2D eigenvalue weighted by Gasteiger charge is 2.45. The van der Waals surface area contributed by atoms with Crippen molar-refractivity contribution in [2.45, 2.75) is 65.2 Å². The number of nitrogens with two attached hydrogens (primary N) is 1. The van der Waals surface area contributed by atoms with E-state index in [1.165, 1.54) is 0 Å². The highest BCUT2D eigenvalue weighted by molar-refractivity contribution is 5.00. The van der Waals surface area contributed by atoms with Gasteiger partial charge in [-0.3, -0.25) is 0 Å². The summed E-state index contributed by atoms with van der Waals surface area (Å²) >= 11 is 0. The summed E-state index contributed by atoms with van der Waals surface area (Å²) in [6.07, 6.45) is 4.33. The summed E-state index contributed by atoms with van der Waals surface area (Å²) in [4.78, 5) is 0. The van der Waals surface area contributed by atoms with Gasteiger partial charge in [-0.1, -0.05) is 20.8 Å². The zero-order valence-electron chi connectivity index (χ0n) is 13.7. The molecule has 20 heavy (non-hydrogen) atoms. The van der Waals surface area contributed by atoms with E-state index in [1.54, 1.807) is 0 Å². The smallest absolute Gasteiger partial charge is 0.170 e. The average Bonchev–Trinajstić information content (AvgIpc) is 2.30. The van der Waals surface area contributed by atoms with Crippen molar-refractivity contribution in [2.24, 2.45) is 17.1 Å². The molecule has 1 fully saturated rings. The quantitative estimate of drug-likeness (QED) is 0.758. The first-order valence-corrected chi connectivity index (χ1v) is 7.53. The molecule has 0 saturated carbocycles. The lowest BCUT2D eigenvalue weighted by Gasteiger charge is -2.47. The predicted octanol–water partition coefficient (Wildman–Crippen LogP) is 3.44. The second-order valence-corrected chi connectivity index (χ2v) is 7.28. The van der Waals surface area contributed by atoms with Crippen LogP contribution in [-0.2, 0) is 9.47 Å². The Bertz CT molecular complexity index is 354. The minimum atomic E-state index is -0.576. The van der Waals surface area contributed by atoms with E-state index in [-0.39, 0.29) is 11.0 Å². The highest BCUT2D eigenvalue weighted by atomic mass is 16.7. The molecule has 0 unspecified atom stereocenters. The van der Waals surface area contributed by atoms with Crippen molar-refractivity contribution in [1.29, 1.82) is 0 Å². The fourth-order valence-electron chi connectivity index (χ4n) is 2.81. The van der Waals surface area contributed by atoms with Gasteiger partial charge in [-0.25, -0.2) is 0 Å². The lowest BCUT2D eigenvalue weighted by Crippen LogP contribution is -2.54. The van der Waals surface area contributed by atoms with Crippen molar-refractivity contribution in [1.82, 2.24) is 0 Å². The molecule has 0 aromatic carbocycles. The molecule has 0 bridgehead atoms. The van der Waals surface area contributed by atoms with Gasteiger partial charge in [0, 0.05) is 23.8 Å². The van der Waals surface area contributed by atoms with Gasteiger partial charge < -0.3 is 15.2 Å². The molecule has 0 atom stereocenters. The predicted molar refractivity (Wildman–Crippen MR) is 82.1 cm³/mol. The van der Waals surface area contributed by atoms with E-state index in [2.05, 4.69) is 26.5 Å². The van der Waals surface area contributed by atoms with Crippen molar-refractivity contribution in [2.75, 3.05) is 13.2 Å². The molecule has 1 rings (SSSR count). The third kappa shape index (κ3) is 4.75. The maximum absolute atomic E-state index is 6.19. The van der Waals surface area contributed by atoms with Crippen LogP contribution in [0.2, 0.25) is 0 Å². The van der Waals surface area contributed by atoms with Crippen molar-refractivity contribution in [3.8, 4) is 0 Å². The maximum atomic E-state index is 6.19. The first kappa shape index (κ1) is 17.5. The first-order chi connectivity index (χ1) is 9.16. The molecule has 1 aliphatic heterocycles. The summed E-state index contributed by atoms with van der Waals surface area (Å²) in [6.45, 7) is 17.1. The molecule has 0 amide bonds. The van der Waals surface area contributed by atoms with Crippen LogP contribution in [0, 0.1) is 17.9 Å². The monoisotopic (exact) mass is 280 g/mol. The summed E-state index contributed by atoms with van der Waals surface area (Å²) in [5.74, 6) is -0.0869. The molecule has 0 aliphatic carbocycles. The van der Waals surface area contributed by atoms with Gasteiger partial charge in [-0.05, 0) is 38.8 Å². The summed E-state index contributed by atoms with van der Waals surface area (Å²) in [7, 11) is 0. The van der Waals surface area contributed by atoms with E-state index in [4.69, 9.17) is 21.8 Å². The largest absolute Gasteiger partial charge is 0.349 e. The first-order valence-electron chi connectivity index (χ1n) is 7.53. The van der Waals surface area contributed by atoms with E-state index in [1.807, 2.05) is 19.9 Å². The molecule has 0 spiro atoms. The molecule has 115 valence electrons. The zero-order chi connectivity index (χ0) is 15.4. The molecule has 3 nitrogen and oxygen atoms in total. The Morgan fingerprint density at radius 3 is 2.25 bits per heavy atom. The number of rotatable bonds is 6. The molecular formula is C17H30NO2. The van der Waals surface area contributed by atoms with Crippen molar-refractivity contribution in [3.63, 3.8) is 0 Å². The molecule has 1 saturated heterocycles. The van der Waals surface area contributed by atoms with Gasteiger partial charge in [0.05, 0.1) is 13.2 Å². The highest BCUT2D eigenvalue weighted by Crippen LogP contribution is 2.40. The zero-order valence-corrected chi connectivity index (χ0v) is 13.7. The fraction of sp³-hybridized carbons (Fsp3) is 0.824. The van der Waals surface area contributed by atoms with E-state index >= 15 is 0 Å². The van der Waals surface area contributed by atoms with Crippen LogP contribution >= 0.6 is 0 Å². The van der Waals surface area contributed by atoms with Crippen LogP contribution in [0.3, 0.4) is 0 Å². The van der Waals surface area contributed by atoms with Gasteiger partial charge >= 0.3 is 0 Å². The van der Waals surface area contributed by atoms with Crippen LogP contribution in [-0.4, -0.2) is 24.5 Å². The summed E-state index contributed by atoms with van der Waals surface area (Å²) in [6, 6.07) is 0. The van der Waals surface area contributed by atoms with E-state index < -0.39 is 5.79 Å². The minimum absolute atomic E-state index is 0.159. The topological polar surface area (TPSA) is 44.5 Å². The van der Waals surface area contributed by atoms with Crippen molar-refractivity contribution < 1.29 is 9.47 Å². The van der Waals surface area contributed by atoms with Crippen LogP contribution in [0.25, 0.3) is 0 Å². The van der Waals surface area contributed by atoms with E-state index in [0.717, 1.165) is 12.8 Å². The van der Waals surface area contributed by atoms with Crippen molar-refractivity contribution >= 4 is 0 Å². The van der Waals surface area contributed by atoms with Crippen LogP contribution in [0.5, 0.6) is 0 Å². The van der Waals surface area contributed by atoms with E-state index in [0.29, 0.717) is 25.6 Å². The normalized spacial score (nSPS) is 31.1. The van der Waals surface area contributed by atoms with Crippen LogP contribution in [0.4, 0.5) is 0 Å². The van der Waals surface area contributed by atoms with Crippen LogP contribution in [0.15, 0.2) is 11.8 Å². The summed E-state index contributed by atoms with van der Waals surface area (Å²) < 4.78 is 12.4. The number of ether oxygens (including phenoxy) is 2. The van der Waals surface area contributed by atoms with Gasteiger partial charge in [0.2, 0.25) is 0 Å². The van der Waals surface area contributed by atoms with Gasteiger partial charge in [0.25, 0.3) is 0 Å². The van der Waals surface area contributed by atoms with Crippen LogP contribution in [0.1, 0.15) is 53.9 Å². The molecule has 0 aromatic heterocycles. The molecule has 1 radical (unpaired) electrons. The van der Waals surface area contributed by atoms with Crippen LogP contribution < -0.4 is 5.73 Å². The molecule has 3 heteroatoms.